The van der Waals surface area contributed by atoms with Crippen LogP contribution in [-0.2, 0) is 19.1 Å². The van der Waals surface area contributed by atoms with E-state index in [1.54, 1.807) is 24.3 Å². The lowest BCUT2D eigenvalue weighted by molar-refractivity contribution is -0.179. The SMILES string of the molecule is C=CC[C@@H]1O[C@H](c2ccc(Cl)c(Cl)c2)[C@@H](c2ccc(Cl)cc2)N([C@H](CSC(C)(C)C)C2CC2)C1=O.C=CC[C@H]1O[C@H](c2ccc(Cl)c(Cl)c2)[C@@H](c2ccc(Cl)cc2)N([C@H](CSC(C)(C)C)C2CC2)C1=O. The first-order valence-electron chi connectivity index (χ1n) is 24.0. The number of morpholine rings is 2. The second-order valence-corrected chi connectivity index (χ2v) is 26.8. The molecule has 0 N–H and O–H groups in total. The van der Waals surface area contributed by atoms with Gasteiger partial charge in [-0.15, -0.1) is 13.2 Å². The van der Waals surface area contributed by atoms with Crippen LogP contribution in [0.15, 0.2) is 110 Å². The van der Waals surface area contributed by atoms with E-state index in [1.807, 2.05) is 96.3 Å². The number of thioether (sulfide) groups is 2. The standard InChI is InChI=1S/2C28H32Cl3NO2S/c2*1-5-6-24-27(33)32(23(17-7-8-17)16-35-28(2,3)4)25(18-9-12-20(29)13-10-18)26(34-24)19-11-14-21(30)22(31)15-19/h2*5,9-15,17,23-26H,1,6-8,16H2,2-4H3/t23-,24+,25-,26-;23-,24-,25-,26-/m11/s1. The highest BCUT2D eigenvalue weighted by atomic mass is 35.5. The average molecular weight is 1110 g/mol. The van der Waals surface area contributed by atoms with Crippen molar-refractivity contribution in [2.45, 2.75) is 138 Å². The number of hydrogen-bond donors (Lipinski definition) is 0. The van der Waals surface area contributed by atoms with Crippen molar-refractivity contribution in [2.75, 3.05) is 11.5 Å². The van der Waals surface area contributed by atoms with E-state index in [1.165, 1.54) is 0 Å². The van der Waals surface area contributed by atoms with Crippen molar-refractivity contribution in [1.82, 2.24) is 9.80 Å². The number of carbonyl (C=O) groups is 2. The Hall–Kier alpha value is -2.34. The number of nitrogens with zero attached hydrogens (tertiary/aromatic N) is 2. The molecule has 2 heterocycles. The summed E-state index contributed by atoms with van der Waals surface area (Å²) in [5, 5.41) is 3.22. The first kappa shape index (κ1) is 55.4. The van der Waals surface area contributed by atoms with Gasteiger partial charge >= 0.3 is 0 Å². The maximum atomic E-state index is 14.0. The topological polar surface area (TPSA) is 59.1 Å². The Morgan fingerprint density at radius 3 is 1.16 bits per heavy atom. The fraction of sp³-hybridized carbons (Fsp3) is 0.464. The second kappa shape index (κ2) is 23.9. The molecule has 14 heteroatoms. The highest BCUT2D eigenvalue weighted by molar-refractivity contribution is 8.00. The predicted octanol–water partition coefficient (Wildman–Crippen LogP) is 17.1. The minimum absolute atomic E-state index is 0.0209. The van der Waals surface area contributed by atoms with E-state index in [-0.39, 0.29) is 45.5 Å². The molecule has 2 saturated carbocycles. The third-order valence-corrected chi connectivity index (χ3v) is 17.7. The minimum atomic E-state index is -0.601. The maximum Gasteiger partial charge on any atom is 0.252 e. The molecule has 2 aliphatic carbocycles. The fourth-order valence-corrected chi connectivity index (χ4v) is 12.4. The Kier molecular flexibility index (Phi) is 18.9. The molecule has 2 amide bonds. The second-order valence-electron chi connectivity index (χ2n) is 20.6. The Morgan fingerprint density at radius 2 is 0.871 bits per heavy atom. The van der Waals surface area contributed by atoms with E-state index < -0.39 is 24.4 Å². The summed E-state index contributed by atoms with van der Waals surface area (Å²) in [5.74, 6) is 2.76. The molecule has 2 aliphatic heterocycles. The zero-order chi connectivity index (χ0) is 50.7. The van der Waals surface area contributed by atoms with Gasteiger partial charge in [-0.3, -0.25) is 9.59 Å². The zero-order valence-corrected chi connectivity index (χ0v) is 46.9. The van der Waals surface area contributed by atoms with Gasteiger partial charge in [0, 0.05) is 56.0 Å². The average Bonchev–Trinajstić information content (AvgIpc) is 4.25. The van der Waals surface area contributed by atoms with Gasteiger partial charge in [-0.2, -0.15) is 23.5 Å². The van der Waals surface area contributed by atoms with Crippen LogP contribution in [0.5, 0.6) is 0 Å². The summed E-state index contributed by atoms with van der Waals surface area (Å²) in [5.41, 5.74) is 3.76. The summed E-state index contributed by atoms with van der Waals surface area (Å²) in [6.07, 6.45) is 6.93. The maximum absolute atomic E-state index is 14.0. The summed E-state index contributed by atoms with van der Waals surface area (Å²) in [6.45, 7) is 21.1. The molecule has 4 aromatic rings. The van der Waals surface area contributed by atoms with Crippen LogP contribution in [0, 0.1) is 11.8 Å². The number of amides is 2. The van der Waals surface area contributed by atoms with Gasteiger partial charge in [-0.05, 0) is 108 Å². The minimum Gasteiger partial charge on any atom is -0.358 e. The van der Waals surface area contributed by atoms with Gasteiger partial charge in [0.2, 0.25) is 0 Å². The Morgan fingerprint density at radius 1 is 0.543 bits per heavy atom. The molecule has 0 spiro atoms. The van der Waals surface area contributed by atoms with Crippen LogP contribution in [-0.4, -0.2) is 66.9 Å². The molecule has 4 fully saturated rings. The van der Waals surface area contributed by atoms with Gasteiger partial charge < -0.3 is 19.3 Å². The molecule has 0 radical (unpaired) electrons. The van der Waals surface area contributed by atoms with Crippen LogP contribution in [0.3, 0.4) is 0 Å². The smallest absolute Gasteiger partial charge is 0.252 e. The predicted molar refractivity (Wildman–Crippen MR) is 297 cm³/mol. The van der Waals surface area contributed by atoms with Gasteiger partial charge in [-0.1, -0.05) is 160 Å². The van der Waals surface area contributed by atoms with Gasteiger partial charge in [-0.25, -0.2) is 0 Å². The molecule has 8 atom stereocenters. The monoisotopic (exact) mass is 1100 g/mol. The first-order chi connectivity index (χ1) is 33.2. The van der Waals surface area contributed by atoms with E-state index in [2.05, 4.69) is 64.5 Å². The molecule has 0 bridgehead atoms. The van der Waals surface area contributed by atoms with E-state index in [0.29, 0.717) is 54.8 Å². The van der Waals surface area contributed by atoms with Crippen LogP contribution >= 0.6 is 93.1 Å². The van der Waals surface area contributed by atoms with Gasteiger partial charge in [0.1, 0.15) is 24.4 Å². The molecular weight excluding hydrogens is 1040 g/mol. The number of rotatable bonds is 16. The summed E-state index contributed by atoms with van der Waals surface area (Å²) >= 11 is 41.6. The molecule has 70 heavy (non-hydrogen) atoms. The molecule has 8 rings (SSSR count). The van der Waals surface area contributed by atoms with Crippen LogP contribution < -0.4 is 0 Å². The number of halogens is 6. The summed E-state index contributed by atoms with van der Waals surface area (Å²) in [7, 11) is 0. The van der Waals surface area contributed by atoms with Crippen LogP contribution in [0.1, 0.15) is 127 Å². The van der Waals surface area contributed by atoms with E-state index >= 15 is 0 Å². The number of hydrogen-bond acceptors (Lipinski definition) is 6. The highest BCUT2D eigenvalue weighted by Gasteiger charge is 2.52. The van der Waals surface area contributed by atoms with Gasteiger partial charge in [0.05, 0.1) is 32.2 Å². The Labute approximate surface area is 454 Å². The molecule has 0 aromatic heterocycles. The molecule has 2 saturated heterocycles. The molecule has 6 nitrogen and oxygen atoms in total. The van der Waals surface area contributed by atoms with Crippen molar-refractivity contribution in [3.63, 3.8) is 0 Å². The first-order valence-corrected chi connectivity index (χ1v) is 28.3. The summed E-state index contributed by atoms with van der Waals surface area (Å²) in [6, 6.07) is 26.2. The van der Waals surface area contributed by atoms with Crippen molar-refractivity contribution >= 4 is 105 Å². The molecule has 0 unspecified atom stereocenters. The van der Waals surface area contributed by atoms with Crippen LogP contribution in [0.25, 0.3) is 0 Å². The largest absolute Gasteiger partial charge is 0.358 e. The highest BCUT2D eigenvalue weighted by Crippen LogP contribution is 2.51. The summed E-state index contributed by atoms with van der Waals surface area (Å²) < 4.78 is 13.3. The third-order valence-electron chi connectivity index (χ3n) is 13.0. The number of benzene rings is 4. The van der Waals surface area contributed by atoms with Crippen LogP contribution in [0.2, 0.25) is 30.1 Å². The molecular formula is C56H64Cl6N2O4S2. The Balaban J connectivity index is 0.000000206. The van der Waals surface area contributed by atoms with Crippen molar-refractivity contribution in [3.05, 3.63) is 163 Å². The van der Waals surface area contributed by atoms with Crippen molar-refractivity contribution in [1.29, 1.82) is 0 Å². The third kappa shape index (κ3) is 14.1. The van der Waals surface area contributed by atoms with Gasteiger partial charge in [0.25, 0.3) is 11.8 Å². The molecule has 4 aliphatic rings. The Bertz CT molecular complexity index is 2300. The van der Waals surface area contributed by atoms with E-state index in [0.717, 1.165) is 59.4 Å². The normalized spacial score (nSPS) is 23.9. The quantitative estimate of drug-likeness (QED) is 0.104. The lowest BCUT2D eigenvalue weighted by Crippen LogP contribution is -2.56. The lowest BCUT2D eigenvalue weighted by atomic mass is 9.89. The van der Waals surface area contributed by atoms with Crippen molar-refractivity contribution in [3.8, 4) is 0 Å². The zero-order valence-electron chi connectivity index (χ0n) is 40.7. The number of ether oxygens (including phenoxy) is 2. The van der Waals surface area contributed by atoms with Gasteiger partial charge in [0.15, 0.2) is 0 Å². The fourth-order valence-electron chi connectivity index (χ4n) is 9.28. The lowest BCUT2D eigenvalue weighted by Gasteiger charge is -2.48. The van der Waals surface area contributed by atoms with Crippen molar-refractivity contribution in [2.24, 2.45) is 11.8 Å². The summed E-state index contributed by atoms with van der Waals surface area (Å²) in [4.78, 5) is 32.3. The van der Waals surface area contributed by atoms with Crippen LogP contribution in [0.4, 0.5) is 0 Å². The van der Waals surface area contributed by atoms with Crippen molar-refractivity contribution < 1.29 is 19.1 Å². The van der Waals surface area contributed by atoms with E-state index in [9.17, 15) is 9.59 Å². The molecule has 4 aromatic carbocycles. The number of carbonyl (C=O) groups excluding carboxylic acids is 2. The molecule has 376 valence electrons. The van der Waals surface area contributed by atoms with E-state index in [4.69, 9.17) is 79.1 Å².